The third-order valence-corrected chi connectivity index (χ3v) is 3.38. The summed E-state index contributed by atoms with van der Waals surface area (Å²) in [6.45, 7) is 3.50. The number of benzene rings is 1. The summed E-state index contributed by atoms with van der Waals surface area (Å²) in [4.78, 5) is 13.5. The van der Waals surface area contributed by atoms with Crippen LogP contribution in [0.4, 0.5) is 8.78 Å². The molecule has 0 radical (unpaired) electrons. The zero-order valence-electron chi connectivity index (χ0n) is 11.4. The molecule has 0 bridgehead atoms. The summed E-state index contributed by atoms with van der Waals surface area (Å²) in [7, 11) is 1.52. The van der Waals surface area contributed by atoms with Gasteiger partial charge >= 0.3 is 0 Å². The molecule has 1 heterocycles. The van der Waals surface area contributed by atoms with Gasteiger partial charge in [-0.1, -0.05) is 12.7 Å². The molecule has 1 aromatic carbocycles. The lowest BCUT2D eigenvalue weighted by atomic mass is 10.0. The fourth-order valence-electron chi connectivity index (χ4n) is 2.35. The molecule has 1 amide bonds. The average Bonchev–Trinajstić information content (AvgIpc) is 2.44. The highest BCUT2D eigenvalue weighted by Gasteiger charge is 2.37. The van der Waals surface area contributed by atoms with E-state index >= 15 is 0 Å². The van der Waals surface area contributed by atoms with E-state index in [4.69, 9.17) is 4.74 Å². The summed E-state index contributed by atoms with van der Waals surface area (Å²) >= 11 is 0. The van der Waals surface area contributed by atoms with Crippen LogP contribution in [-0.4, -0.2) is 36.9 Å². The number of hydrogen-bond donors (Lipinski definition) is 0. The first kappa shape index (κ1) is 14.5. The van der Waals surface area contributed by atoms with E-state index in [1.54, 1.807) is 24.3 Å². The third kappa shape index (κ3) is 2.98. The number of piperidine rings is 1. The molecule has 0 unspecified atom stereocenters. The van der Waals surface area contributed by atoms with Crippen molar-refractivity contribution in [3.8, 4) is 5.75 Å². The Labute approximate surface area is 116 Å². The van der Waals surface area contributed by atoms with E-state index in [-0.39, 0.29) is 12.3 Å². The maximum absolute atomic E-state index is 13.4. The second kappa shape index (κ2) is 5.61. The maximum atomic E-state index is 13.4. The molecule has 0 aliphatic carbocycles. The van der Waals surface area contributed by atoms with Crippen molar-refractivity contribution < 1.29 is 18.3 Å². The number of halogens is 2. The standard InChI is InChI=1S/C15H17F2NO2/c1-3-11-9-12(5-6-13(11)20-2)14(19)18-8-4-7-15(16,17)10-18/h3,5-6,9H,1,4,7-8,10H2,2H3. The number of ether oxygens (including phenoxy) is 1. The van der Waals surface area contributed by atoms with Gasteiger partial charge in [0.25, 0.3) is 11.8 Å². The van der Waals surface area contributed by atoms with Gasteiger partial charge in [-0.3, -0.25) is 4.79 Å². The van der Waals surface area contributed by atoms with Crippen LogP contribution in [0.3, 0.4) is 0 Å². The third-order valence-electron chi connectivity index (χ3n) is 3.38. The summed E-state index contributed by atoms with van der Waals surface area (Å²) in [5.41, 5.74) is 1.04. The fraction of sp³-hybridized carbons (Fsp3) is 0.400. The topological polar surface area (TPSA) is 29.5 Å². The minimum Gasteiger partial charge on any atom is -0.496 e. The number of hydrogen-bond acceptors (Lipinski definition) is 2. The highest BCUT2D eigenvalue weighted by Crippen LogP contribution is 2.28. The molecule has 1 aliphatic heterocycles. The van der Waals surface area contributed by atoms with Crippen LogP contribution < -0.4 is 4.74 Å². The number of nitrogens with zero attached hydrogens (tertiary/aromatic N) is 1. The van der Waals surface area contributed by atoms with Crippen LogP contribution in [0.2, 0.25) is 0 Å². The Bertz CT molecular complexity index is 529. The minimum atomic E-state index is -2.79. The van der Waals surface area contributed by atoms with Gasteiger partial charge in [0.2, 0.25) is 0 Å². The van der Waals surface area contributed by atoms with Crippen molar-refractivity contribution in [2.45, 2.75) is 18.8 Å². The Morgan fingerprint density at radius 2 is 2.25 bits per heavy atom. The molecule has 1 saturated heterocycles. The van der Waals surface area contributed by atoms with Crippen LogP contribution >= 0.6 is 0 Å². The molecular weight excluding hydrogens is 264 g/mol. The van der Waals surface area contributed by atoms with E-state index in [0.29, 0.717) is 29.8 Å². The Morgan fingerprint density at radius 3 is 2.85 bits per heavy atom. The van der Waals surface area contributed by atoms with Crippen molar-refractivity contribution in [3.63, 3.8) is 0 Å². The van der Waals surface area contributed by atoms with Crippen LogP contribution in [0, 0.1) is 0 Å². The zero-order valence-corrected chi connectivity index (χ0v) is 11.4. The van der Waals surface area contributed by atoms with Crippen molar-refractivity contribution in [1.82, 2.24) is 4.90 Å². The summed E-state index contributed by atoms with van der Waals surface area (Å²) in [6.07, 6.45) is 1.74. The molecule has 0 aromatic heterocycles. The smallest absolute Gasteiger partial charge is 0.265 e. The van der Waals surface area contributed by atoms with E-state index in [1.807, 2.05) is 0 Å². The van der Waals surface area contributed by atoms with Crippen LogP contribution in [0.1, 0.15) is 28.8 Å². The van der Waals surface area contributed by atoms with Gasteiger partial charge in [0, 0.05) is 24.1 Å². The first-order valence-electron chi connectivity index (χ1n) is 6.44. The molecule has 1 aliphatic rings. The summed E-state index contributed by atoms with van der Waals surface area (Å²) in [5, 5.41) is 0. The van der Waals surface area contributed by atoms with Crippen molar-refractivity contribution in [2.24, 2.45) is 0 Å². The van der Waals surface area contributed by atoms with Gasteiger partial charge in [-0.05, 0) is 24.6 Å². The first-order valence-corrected chi connectivity index (χ1v) is 6.44. The molecule has 1 aromatic rings. The SMILES string of the molecule is C=Cc1cc(C(=O)N2CCCC(F)(F)C2)ccc1OC. The van der Waals surface area contributed by atoms with Crippen LogP contribution in [0.5, 0.6) is 5.75 Å². The predicted octanol–water partition coefficient (Wildman–Crippen LogP) is 3.21. The van der Waals surface area contributed by atoms with Crippen molar-refractivity contribution in [3.05, 3.63) is 35.9 Å². The van der Waals surface area contributed by atoms with Gasteiger partial charge in [0.05, 0.1) is 13.7 Å². The van der Waals surface area contributed by atoms with Crippen LogP contribution in [0.15, 0.2) is 24.8 Å². The minimum absolute atomic E-state index is 0.155. The number of rotatable bonds is 3. The monoisotopic (exact) mass is 281 g/mol. The molecule has 1 fully saturated rings. The Hall–Kier alpha value is -1.91. The Kier molecular flexibility index (Phi) is 4.06. The summed E-state index contributed by atoms with van der Waals surface area (Å²) in [6, 6.07) is 4.84. The Balaban J connectivity index is 2.23. The van der Waals surface area contributed by atoms with Crippen LogP contribution in [0.25, 0.3) is 6.08 Å². The van der Waals surface area contributed by atoms with Crippen molar-refractivity contribution >= 4 is 12.0 Å². The number of amides is 1. The van der Waals surface area contributed by atoms with Crippen molar-refractivity contribution in [1.29, 1.82) is 0 Å². The number of methoxy groups -OCH3 is 1. The summed E-state index contributed by atoms with van der Waals surface area (Å²) in [5.74, 6) is -2.57. The van der Waals surface area contributed by atoms with E-state index in [1.165, 1.54) is 12.0 Å². The molecule has 0 saturated carbocycles. The normalized spacial score (nSPS) is 17.6. The van der Waals surface area contributed by atoms with Gasteiger partial charge in [0.15, 0.2) is 0 Å². The second-order valence-electron chi connectivity index (χ2n) is 4.85. The number of carbonyl (C=O) groups excluding carboxylic acids is 1. The van der Waals surface area contributed by atoms with Crippen LogP contribution in [-0.2, 0) is 0 Å². The molecular formula is C15H17F2NO2. The molecule has 2 rings (SSSR count). The lowest BCUT2D eigenvalue weighted by molar-refractivity contribution is -0.0560. The first-order chi connectivity index (χ1) is 9.46. The molecule has 0 N–H and O–H groups in total. The van der Waals surface area contributed by atoms with E-state index in [9.17, 15) is 13.6 Å². The quantitative estimate of drug-likeness (QED) is 0.851. The molecule has 20 heavy (non-hydrogen) atoms. The predicted molar refractivity (Wildman–Crippen MR) is 73.2 cm³/mol. The van der Waals surface area contributed by atoms with E-state index in [2.05, 4.69) is 6.58 Å². The van der Waals surface area contributed by atoms with E-state index < -0.39 is 12.5 Å². The number of likely N-dealkylation sites (tertiary alicyclic amines) is 1. The van der Waals surface area contributed by atoms with E-state index in [0.717, 1.165) is 0 Å². The molecule has 5 heteroatoms. The van der Waals surface area contributed by atoms with Gasteiger partial charge in [0.1, 0.15) is 5.75 Å². The summed E-state index contributed by atoms with van der Waals surface area (Å²) < 4.78 is 31.9. The zero-order chi connectivity index (χ0) is 14.8. The van der Waals surface area contributed by atoms with Gasteiger partial charge < -0.3 is 9.64 Å². The number of carbonyl (C=O) groups is 1. The van der Waals surface area contributed by atoms with Crippen molar-refractivity contribution in [2.75, 3.05) is 20.2 Å². The lowest BCUT2D eigenvalue weighted by Gasteiger charge is -2.32. The Morgan fingerprint density at radius 1 is 1.50 bits per heavy atom. The van der Waals surface area contributed by atoms with Gasteiger partial charge in [-0.15, -0.1) is 0 Å². The highest BCUT2D eigenvalue weighted by atomic mass is 19.3. The van der Waals surface area contributed by atoms with Gasteiger partial charge in [-0.25, -0.2) is 8.78 Å². The number of alkyl halides is 2. The van der Waals surface area contributed by atoms with Gasteiger partial charge in [-0.2, -0.15) is 0 Å². The molecule has 3 nitrogen and oxygen atoms in total. The largest absolute Gasteiger partial charge is 0.496 e. The molecule has 0 spiro atoms. The lowest BCUT2D eigenvalue weighted by Crippen LogP contribution is -2.45. The fourth-order valence-corrected chi connectivity index (χ4v) is 2.35. The molecule has 0 atom stereocenters. The average molecular weight is 281 g/mol. The highest BCUT2D eigenvalue weighted by molar-refractivity contribution is 5.95. The second-order valence-corrected chi connectivity index (χ2v) is 4.85. The maximum Gasteiger partial charge on any atom is 0.265 e. The molecule has 108 valence electrons.